The molecule has 0 radical (unpaired) electrons. The molecule has 0 bridgehead atoms. The monoisotopic (exact) mass is 1040 g/mol. The molecule has 4 aromatic carbocycles. The fraction of sp³-hybridized carbons (Fsp3) is 0.473. The van der Waals surface area contributed by atoms with Gasteiger partial charge in [-0.3, -0.25) is 29.2 Å². The normalized spacial score (nSPS) is 23.6. The Hall–Kier alpha value is -6.08. The van der Waals surface area contributed by atoms with E-state index in [9.17, 15) is 24.3 Å². The topological polar surface area (TPSA) is 181 Å². The highest BCUT2D eigenvalue weighted by atomic mass is 35.5. The Balaban J connectivity index is 0.727. The number of piperidine rings is 2. The third-order valence-corrected chi connectivity index (χ3v) is 16.7. The summed E-state index contributed by atoms with van der Waals surface area (Å²) >= 11 is 6.70. The lowest BCUT2D eigenvalue weighted by Gasteiger charge is -2.45. The number of carbonyl (C=O) groups is 4. The first-order chi connectivity index (χ1) is 35.6. The van der Waals surface area contributed by atoms with Crippen LogP contribution in [0.3, 0.4) is 0 Å². The highest BCUT2D eigenvalue weighted by Crippen LogP contribution is 2.58. The molecule has 5 aromatic rings. The van der Waals surface area contributed by atoms with Crippen molar-refractivity contribution in [3.8, 4) is 22.6 Å². The zero-order valence-corrected chi connectivity index (χ0v) is 42.1. The van der Waals surface area contributed by atoms with Crippen LogP contribution in [0.4, 0.5) is 17.6 Å². The number of hydrogen-bond donors (Lipinski definition) is 4. The molecule has 5 heterocycles. The van der Waals surface area contributed by atoms with Crippen molar-refractivity contribution in [1.82, 2.24) is 30.2 Å². The summed E-state index contributed by atoms with van der Waals surface area (Å²) in [4.78, 5) is 55.1. The third kappa shape index (κ3) is 9.40. The molecule has 14 nitrogen and oxygen atoms in total. The van der Waals surface area contributed by atoms with Crippen LogP contribution in [0.5, 0.6) is 11.5 Å². The van der Waals surface area contributed by atoms with Crippen molar-refractivity contribution in [3.05, 3.63) is 111 Å². The minimum absolute atomic E-state index is 0.0456. The van der Waals surface area contributed by atoms with Crippen molar-refractivity contribution in [1.29, 1.82) is 0 Å². The maximum absolute atomic E-state index is 16.4. The van der Waals surface area contributed by atoms with Crippen LogP contribution in [0.25, 0.3) is 22.0 Å². The van der Waals surface area contributed by atoms with E-state index in [1.807, 2.05) is 42.2 Å². The summed E-state index contributed by atoms with van der Waals surface area (Å²) in [6.07, 6.45) is 4.99. The zero-order chi connectivity index (χ0) is 52.2. The number of imide groups is 1. The number of ether oxygens (including phenoxy) is 2. The Morgan fingerprint density at radius 2 is 1.68 bits per heavy atom. The Labute approximate surface area is 430 Å². The molecule has 19 heteroatoms. The Kier molecular flexibility index (Phi) is 14.5. The van der Waals surface area contributed by atoms with Crippen LogP contribution in [-0.2, 0) is 27.0 Å². The number of hydrogen-bond acceptors (Lipinski definition) is 10. The summed E-state index contributed by atoms with van der Waals surface area (Å²) in [5.74, 6) is -6.34. The van der Waals surface area contributed by atoms with Crippen LogP contribution in [0, 0.1) is 35.1 Å². The van der Waals surface area contributed by atoms with Gasteiger partial charge in [0.2, 0.25) is 23.6 Å². The molecule has 3 atom stereocenters. The van der Waals surface area contributed by atoms with Gasteiger partial charge in [-0.15, -0.1) is 0 Å². The first-order valence-electron chi connectivity index (χ1n) is 25.6. The molecule has 5 aliphatic rings. The standard InChI is InChI=1S/C55H60ClF4N7O7/c1-29-43-41(25-39(58)47(56)46(43)45-35(52(61)70)12-14-40(48(45)59)73-23-22-68)74-55(29,33-6-4-3-5-7-33)18-19-62-34-10-8-32(9-11-34)54(72)67-27-30(28-67)26-66-20-16-31(17-21-66)44-38(57)24-37-50(64-65(2)51(37)49(44)60)36-13-15-42(69)63-53(36)71/h3-7,12,14,24-25,29-32,34,36,62,68H,8-11,13,15-23,26-28H2,1-2H3,(H2,61,70)(H,63,69,71)/t29-,32?,34?,36?,55-/m0/s1. The zero-order valence-electron chi connectivity index (χ0n) is 41.3. The second kappa shape index (κ2) is 20.9. The lowest BCUT2D eigenvalue weighted by molar-refractivity contribution is -0.143. The summed E-state index contributed by atoms with van der Waals surface area (Å²) in [6, 6.07) is 14.6. The maximum Gasteiger partial charge on any atom is 0.249 e. The molecule has 10 rings (SSSR count). The lowest BCUT2D eigenvalue weighted by Crippen LogP contribution is -2.56. The van der Waals surface area contributed by atoms with Crippen LogP contribution in [0.2, 0.25) is 5.02 Å². The number of primary amides is 1. The first-order valence-corrected chi connectivity index (χ1v) is 26.0. The lowest BCUT2D eigenvalue weighted by atomic mass is 9.75. The second-order valence-corrected chi connectivity index (χ2v) is 21.1. The predicted octanol–water partition coefficient (Wildman–Crippen LogP) is 7.71. The maximum atomic E-state index is 16.4. The molecule has 1 unspecified atom stereocenters. The molecule has 4 aliphatic heterocycles. The van der Waals surface area contributed by atoms with E-state index in [1.165, 1.54) is 28.9 Å². The fourth-order valence-corrected chi connectivity index (χ4v) is 12.7. The van der Waals surface area contributed by atoms with Crippen LogP contribution < -0.4 is 25.8 Å². The number of aryl methyl sites for hydroxylation is 1. The van der Waals surface area contributed by atoms with Gasteiger partial charge in [0, 0.05) is 97.0 Å². The van der Waals surface area contributed by atoms with E-state index in [1.54, 1.807) is 7.05 Å². The van der Waals surface area contributed by atoms with Gasteiger partial charge in [0.05, 0.1) is 28.8 Å². The number of amides is 4. The number of nitrogens with two attached hydrogens (primary N) is 1. The molecule has 392 valence electrons. The Morgan fingerprint density at radius 3 is 2.36 bits per heavy atom. The summed E-state index contributed by atoms with van der Waals surface area (Å²) in [6.45, 7) is 5.27. The van der Waals surface area contributed by atoms with Gasteiger partial charge in [-0.2, -0.15) is 5.10 Å². The quantitative estimate of drug-likeness (QED) is 0.0599. The van der Waals surface area contributed by atoms with Crippen molar-refractivity contribution < 1.29 is 51.3 Å². The summed E-state index contributed by atoms with van der Waals surface area (Å²) < 4.78 is 77.9. The summed E-state index contributed by atoms with van der Waals surface area (Å²) in [5, 5.41) is 19.6. The van der Waals surface area contributed by atoms with Crippen molar-refractivity contribution in [3.63, 3.8) is 0 Å². The van der Waals surface area contributed by atoms with Crippen LogP contribution in [0.1, 0.15) is 115 Å². The molecule has 1 aliphatic carbocycles. The van der Waals surface area contributed by atoms with E-state index in [-0.39, 0.29) is 99.5 Å². The number of aromatic nitrogens is 2. The molecule has 5 N–H and O–H groups in total. The summed E-state index contributed by atoms with van der Waals surface area (Å²) in [5.41, 5.74) is 5.77. The average molecular weight is 1040 g/mol. The number of nitrogens with one attached hydrogen (secondary N) is 2. The van der Waals surface area contributed by atoms with Gasteiger partial charge < -0.3 is 35.4 Å². The smallest absolute Gasteiger partial charge is 0.249 e. The fourth-order valence-electron chi connectivity index (χ4n) is 12.5. The third-order valence-electron chi connectivity index (χ3n) is 16.3. The van der Waals surface area contributed by atoms with Gasteiger partial charge in [-0.1, -0.05) is 48.9 Å². The van der Waals surface area contributed by atoms with E-state index in [2.05, 4.69) is 20.6 Å². The number of rotatable bonds is 15. The van der Waals surface area contributed by atoms with E-state index < -0.39 is 64.1 Å². The van der Waals surface area contributed by atoms with E-state index in [0.29, 0.717) is 63.5 Å². The average Bonchev–Trinajstić information content (AvgIpc) is 3.85. The van der Waals surface area contributed by atoms with Crippen LogP contribution in [0.15, 0.2) is 54.6 Å². The second-order valence-electron chi connectivity index (χ2n) is 20.7. The van der Waals surface area contributed by atoms with Gasteiger partial charge in [-0.25, -0.2) is 17.6 Å². The van der Waals surface area contributed by atoms with E-state index in [4.69, 9.17) is 26.8 Å². The first kappa shape index (κ1) is 51.4. The van der Waals surface area contributed by atoms with Crippen LogP contribution in [-0.4, -0.2) is 107 Å². The van der Waals surface area contributed by atoms with Gasteiger partial charge in [-0.05, 0) is 94.3 Å². The molecular weight excluding hydrogens is 982 g/mol. The molecule has 0 spiro atoms. The number of benzene rings is 4. The minimum atomic E-state index is -1.06. The number of aliphatic hydroxyl groups is 1. The number of aliphatic hydroxyl groups excluding tert-OH is 1. The number of halogens is 5. The van der Waals surface area contributed by atoms with Gasteiger partial charge >= 0.3 is 0 Å². The largest absolute Gasteiger partial charge is 0.488 e. The molecule has 4 amide bonds. The highest BCUT2D eigenvalue weighted by molar-refractivity contribution is 6.34. The Morgan fingerprint density at radius 1 is 0.946 bits per heavy atom. The summed E-state index contributed by atoms with van der Waals surface area (Å²) in [7, 11) is 1.58. The molecule has 1 aromatic heterocycles. The van der Waals surface area contributed by atoms with Gasteiger partial charge in [0.15, 0.2) is 17.4 Å². The Bertz CT molecular complexity index is 3010. The van der Waals surface area contributed by atoms with Crippen molar-refractivity contribution in [2.24, 2.45) is 24.6 Å². The minimum Gasteiger partial charge on any atom is -0.488 e. The molecule has 3 saturated heterocycles. The highest BCUT2D eigenvalue weighted by Gasteiger charge is 2.50. The van der Waals surface area contributed by atoms with Gasteiger partial charge in [0.25, 0.3) is 0 Å². The number of fused-ring (bicyclic) bond motifs is 2. The predicted molar refractivity (Wildman–Crippen MR) is 268 cm³/mol. The molecule has 74 heavy (non-hydrogen) atoms. The van der Waals surface area contributed by atoms with Crippen molar-refractivity contribution >= 4 is 46.1 Å². The molecular formula is C55H60ClF4N7O7. The SMILES string of the molecule is C[C@H]1c2c(cc(F)c(Cl)c2-c2c(C(N)=O)ccc(OCCO)c2F)O[C@]1(CCNC1CCC(C(=O)N2CC(CN3CCC(c4c(F)cc5c(C6CCC(=O)NC6=O)nn(C)c5c4F)CC3)C2)CC1)c1ccccc1. The number of carbonyl (C=O) groups excluding carboxylic acids is 4. The van der Waals surface area contributed by atoms with Crippen molar-refractivity contribution in [2.45, 2.75) is 94.1 Å². The van der Waals surface area contributed by atoms with E-state index >= 15 is 17.6 Å². The molecule has 1 saturated carbocycles. The number of likely N-dealkylation sites (tertiary alicyclic amines) is 2. The van der Waals surface area contributed by atoms with Crippen LogP contribution >= 0.6 is 11.6 Å². The molecule has 4 fully saturated rings. The van der Waals surface area contributed by atoms with E-state index in [0.717, 1.165) is 37.8 Å². The number of nitrogens with zero attached hydrogens (tertiary/aromatic N) is 4. The van der Waals surface area contributed by atoms with Gasteiger partial charge in [0.1, 0.15) is 35.1 Å². The van der Waals surface area contributed by atoms with Crippen molar-refractivity contribution in [2.75, 3.05) is 52.5 Å².